The van der Waals surface area contributed by atoms with Crippen molar-refractivity contribution in [2.45, 2.75) is 86.5 Å². The Hall–Kier alpha value is -3.52. The van der Waals surface area contributed by atoms with E-state index >= 15 is 0 Å². The Balaban J connectivity index is 0.000000978. The summed E-state index contributed by atoms with van der Waals surface area (Å²) < 4.78 is 20.6. The highest BCUT2D eigenvalue weighted by Gasteiger charge is 2.28. The molecule has 0 bridgehead atoms. The first kappa shape index (κ1) is 36.5. The lowest BCUT2D eigenvalue weighted by atomic mass is 10.0. The second kappa shape index (κ2) is 18.1. The van der Waals surface area contributed by atoms with Crippen LogP contribution in [-0.4, -0.2) is 55.0 Å². The average Bonchev–Trinajstić information content (AvgIpc) is 2.93. The SMILES string of the molecule is C/C=C\C.CC(C)C.CN(Cc1ccc(F)c(C(=O)N2CCC(OC(C)(C)C)CC2)c1)c1ccccc1C(=O)NC=O. The highest BCUT2D eigenvalue weighted by atomic mass is 19.1. The van der Waals surface area contributed by atoms with Gasteiger partial charge in [-0.1, -0.05) is 51.1 Å². The molecule has 0 spiro atoms. The number of ether oxygens (including phenoxy) is 1. The molecule has 0 unspecified atom stereocenters. The van der Waals surface area contributed by atoms with Crippen LogP contribution in [-0.2, 0) is 16.1 Å². The van der Waals surface area contributed by atoms with Gasteiger partial charge in [0, 0.05) is 32.4 Å². The molecule has 232 valence electrons. The molecule has 1 heterocycles. The number of benzene rings is 2. The van der Waals surface area contributed by atoms with E-state index in [9.17, 15) is 18.8 Å². The van der Waals surface area contributed by atoms with Gasteiger partial charge in [0.1, 0.15) is 5.82 Å². The van der Waals surface area contributed by atoms with Crippen molar-refractivity contribution in [1.82, 2.24) is 10.2 Å². The Labute approximate surface area is 252 Å². The summed E-state index contributed by atoms with van der Waals surface area (Å²) in [4.78, 5) is 39.5. The second-order valence-electron chi connectivity index (χ2n) is 11.9. The lowest BCUT2D eigenvalue weighted by Crippen LogP contribution is -2.43. The second-order valence-corrected chi connectivity index (χ2v) is 11.9. The number of anilines is 1. The molecule has 1 fully saturated rings. The average molecular weight is 584 g/mol. The zero-order valence-electron chi connectivity index (χ0n) is 26.9. The third-order valence-electron chi connectivity index (χ3n) is 6.01. The van der Waals surface area contributed by atoms with E-state index in [0.717, 1.165) is 11.5 Å². The maximum Gasteiger partial charge on any atom is 0.259 e. The third-order valence-corrected chi connectivity index (χ3v) is 6.01. The number of rotatable bonds is 7. The van der Waals surface area contributed by atoms with Gasteiger partial charge in [-0.05, 0) is 83.2 Å². The first-order chi connectivity index (χ1) is 19.7. The maximum absolute atomic E-state index is 14.6. The van der Waals surface area contributed by atoms with Crippen molar-refractivity contribution >= 4 is 23.9 Å². The Morgan fingerprint density at radius 3 is 2.14 bits per heavy atom. The molecule has 1 aliphatic rings. The quantitative estimate of drug-likeness (QED) is 0.280. The first-order valence-electron chi connectivity index (χ1n) is 14.6. The minimum absolute atomic E-state index is 0.0353. The van der Waals surface area contributed by atoms with Crippen LogP contribution < -0.4 is 10.2 Å². The van der Waals surface area contributed by atoms with Gasteiger partial charge in [-0.25, -0.2) is 4.39 Å². The summed E-state index contributed by atoms with van der Waals surface area (Å²) in [5.74, 6) is -0.566. The number of hydrogen-bond acceptors (Lipinski definition) is 5. The minimum Gasteiger partial charge on any atom is -0.372 e. The van der Waals surface area contributed by atoms with Gasteiger partial charge >= 0.3 is 0 Å². The number of para-hydroxylation sites is 1. The summed E-state index contributed by atoms with van der Waals surface area (Å²) in [7, 11) is 1.79. The molecule has 42 heavy (non-hydrogen) atoms. The van der Waals surface area contributed by atoms with E-state index in [-0.39, 0.29) is 23.2 Å². The van der Waals surface area contributed by atoms with Crippen molar-refractivity contribution in [3.63, 3.8) is 0 Å². The number of hydrogen-bond donors (Lipinski definition) is 1. The normalized spacial score (nSPS) is 13.5. The standard InChI is InChI=1S/C26H32FN3O4.C4H10.C4H8/c1-26(2,3)34-19-11-13-30(14-12-19)25(33)21-15-18(9-10-22(21)27)16-29(4)23-8-6-5-7-20(23)24(32)28-17-31;1-4(2)3;1-3-4-2/h5-10,15,17,19H,11-14,16H2,1-4H3,(H,28,31,32);4H,1-3H3;3-4H,1-2H3/b;;4-3-. The van der Waals surface area contributed by atoms with Crippen molar-refractivity contribution in [3.05, 3.63) is 77.1 Å². The lowest BCUT2D eigenvalue weighted by Gasteiger charge is -2.35. The van der Waals surface area contributed by atoms with Gasteiger partial charge in [-0.2, -0.15) is 0 Å². The third kappa shape index (κ3) is 13.0. The molecule has 2 aromatic carbocycles. The molecular weight excluding hydrogens is 533 g/mol. The fourth-order valence-corrected chi connectivity index (χ4v) is 4.17. The summed E-state index contributed by atoms with van der Waals surface area (Å²) in [6.07, 6.45) is 5.86. The predicted octanol–water partition coefficient (Wildman–Crippen LogP) is 7.01. The smallest absolute Gasteiger partial charge is 0.259 e. The molecule has 1 saturated heterocycles. The van der Waals surface area contributed by atoms with Crippen molar-refractivity contribution in [2.75, 3.05) is 25.0 Å². The minimum atomic E-state index is -0.560. The summed E-state index contributed by atoms with van der Waals surface area (Å²) in [5.41, 5.74) is 1.48. The topological polar surface area (TPSA) is 79.0 Å². The number of halogens is 1. The summed E-state index contributed by atoms with van der Waals surface area (Å²) in [6, 6.07) is 11.4. The van der Waals surface area contributed by atoms with Crippen LogP contribution in [0.15, 0.2) is 54.6 Å². The van der Waals surface area contributed by atoms with Crippen LogP contribution in [0, 0.1) is 11.7 Å². The largest absolute Gasteiger partial charge is 0.372 e. The molecule has 0 aliphatic carbocycles. The van der Waals surface area contributed by atoms with Gasteiger partial charge in [-0.3, -0.25) is 19.7 Å². The monoisotopic (exact) mass is 583 g/mol. The molecule has 0 aromatic heterocycles. The van der Waals surface area contributed by atoms with E-state index in [1.165, 1.54) is 6.07 Å². The van der Waals surface area contributed by atoms with Gasteiger partial charge in [-0.15, -0.1) is 0 Å². The van der Waals surface area contributed by atoms with E-state index in [4.69, 9.17) is 4.74 Å². The molecule has 0 radical (unpaired) electrons. The predicted molar refractivity (Wildman–Crippen MR) is 169 cm³/mol. The van der Waals surface area contributed by atoms with Crippen LogP contribution in [0.5, 0.6) is 0 Å². The molecule has 7 nitrogen and oxygen atoms in total. The van der Waals surface area contributed by atoms with E-state index < -0.39 is 11.7 Å². The number of piperidine rings is 1. The number of nitrogens with zero attached hydrogens (tertiary/aromatic N) is 2. The summed E-state index contributed by atoms with van der Waals surface area (Å²) in [6.45, 7) is 17.9. The molecule has 3 rings (SSSR count). The molecule has 8 heteroatoms. The van der Waals surface area contributed by atoms with Gasteiger partial charge in [0.05, 0.1) is 22.8 Å². The molecule has 3 amide bonds. The molecule has 1 aliphatic heterocycles. The first-order valence-corrected chi connectivity index (χ1v) is 14.6. The van der Waals surface area contributed by atoms with E-state index in [0.29, 0.717) is 50.1 Å². The van der Waals surface area contributed by atoms with Crippen molar-refractivity contribution in [3.8, 4) is 0 Å². The van der Waals surface area contributed by atoms with E-state index in [1.807, 2.05) is 51.7 Å². The number of amides is 3. The zero-order chi connectivity index (χ0) is 31.9. The van der Waals surface area contributed by atoms with Crippen LogP contribution in [0.4, 0.5) is 10.1 Å². The Morgan fingerprint density at radius 1 is 1.05 bits per heavy atom. The summed E-state index contributed by atoms with van der Waals surface area (Å²) >= 11 is 0. The van der Waals surface area contributed by atoms with E-state index in [2.05, 4.69) is 26.1 Å². The number of nitrogens with one attached hydrogen (secondary N) is 1. The maximum atomic E-state index is 14.6. The number of allylic oxidation sites excluding steroid dienone is 2. The fourth-order valence-electron chi connectivity index (χ4n) is 4.17. The molecular formula is C34H50FN3O4. The number of carbonyl (C=O) groups excluding carboxylic acids is 3. The molecule has 0 saturated carbocycles. The van der Waals surface area contributed by atoms with Crippen molar-refractivity contribution < 1.29 is 23.5 Å². The number of likely N-dealkylation sites (tertiary alicyclic amines) is 1. The lowest BCUT2D eigenvalue weighted by molar-refractivity contribution is -0.108. The van der Waals surface area contributed by atoms with Crippen LogP contribution in [0.1, 0.15) is 94.5 Å². The number of imide groups is 1. The van der Waals surface area contributed by atoms with E-state index in [1.54, 1.807) is 48.3 Å². The fraction of sp³-hybridized carbons (Fsp3) is 0.500. The molecule has 0 atom stereocenters. The zero-order valence-corrected chi connectivity index (χ0v) is 26.9. The summed E-state index contributed by atoms with van der Waals surface area (Å²) in [5, 5.41) is 2.15. The van der Waals surface area contributed by atoms with Crippen LogP contribution in [0.3, 0.4) is 0 Å². The Bertz CT molecular complexity index is 1160. The van der Waals surface area contributed by atoms with Gasteiger partial charge < -0.3 is 14.5 Å². The van der Waals surface area contributed by atoms with Gasteiger partial charge in [0.15, 0.2) is 0 Å². The molecule has 2 aromatic rings. The highest BCUT2D eigenvalue weighted by molar-refractivity contribution is 6.04. The van der Waals surface area contributed by atoms with Crippen LogP contribution >= 0.6 is 0 Å². The molecule has 1 N–H and O–H groups in total. The Kier molecular flexibility index (Phi) is 15.7. The highest BCUT2D eigenvalue weighted by Crippen LogP contribution is 2.24. The van der Waals surface area contributed by atoms with Crippen molar-refractivity contribution in [1.29, 1.82) is 0 Å². The van der Waals surface area contributed by atoms with Gasteiger partial charge in [0.25, 0.3) is 11.8 Å². The van der Waals surface area contributed by atoms with Crippen LogP contribution in [0.25, 0.3) is 0 Å². The van der Waals surface area contributed by atoms with Crippen LogP contribution in [0.2, 0.25) is 0 Å². The number of carbonyl (C=O) groups is 3. The van der Waals surface area contributed by atoms with Gasteiger partial charge in [0.2, 0.25) is 6.41 Å². The van der Waals surface area contributed by atoms with Crippen molar-refractivity contribution in [2.24, 2.45) is 5.92 Å². The Morgan fingerprint density at radius 2 is 1.62 bits per heavy atom.